The van der Waals surface area contributed by atoms with Crippen LogP contribution in [-0.2, 0) is 6.42 Å². The maximum atomic E-state index is 12.2. The van der Waals surface area contributed by atoms with Crippen LogP contribution in [-0.4, -0.2) is 58.6 Å². The van der Waals surface area contributed by atoms with Gasteiger partial charge in [0.1, 0.15) is 0 Å². The van der Waals surface area contributed by atoms with Crippen LogP contribution in [0.1, 0.15) is 10.6 Å². The molecule has 0 aromatic carbocycles. The van der Waals surface area contributed by atoms with Gasteiger partial charge in [0.05, 0.1) is 11.2 Å². The molecular weight excluding hydrogens is 312 g/mol. The van der Waals surface area contributed by atoms with Gasteiger partial charge >= 0.3 is 6.03 Å². The molecule has 0 aliphatic carbocycles. The van der Waals surface area contributed by atoms with Crippen molar-refractivity contribution in [2.24, 2.45) is 0 Å². The first-order valence-corrected chi connectivity index (χ1v) is 8.55. The maximum absolute atomic E-state index is 12.2. The van der Waals surface area contributed by atoms with Crippen molar-refractivity contribution in [1.29, 1.82) is 0 Å². The van der Waals surface area contributed by atoms with E-state index in [0.29, 0.717) is 19.6 Å². The average molecular weight is 332 g/mol. The Kier molecular flexibility index (Phi) is 5.02. The first kappa shape index (κ1) is 15.7. The van der Waals surface area contributed by atoms with Crippen molar-refractivity contribution in [3.05, 3.63) is 34.5 Å². The van der Waals surface area contributed by atoms with E-state index in [1.807, 2.05) is 17.3 Å². The topological polar surface area (TPSA) is 74.2 Å². The Balaban J connectivity index is 1.42. The fraction of sp³-hybridized carbons (Fsp3) is 0.467. The quantitative estimate of drug-likeness (QED) is 0.914. The molecule has 0 radical (unpaired) electrons. The number of piperazine rings is 1. The Bertz CT molecular complexity index is 638. The Morgan fingerprint density at radius 1 is 1.22 bits per heavy atom. The number of aromatic nitrogens is 3. The molecule has 3 heterocycles. The summed E-state index contributed by atoms with van der Waals surface area (Å²) in [6.07, 6.45) is 4.31. The molecule has 2 aromatic rings. The molecule has 1 fully saturated rings. The third kappa shape index (κ3) is 3.95. The molecule has 2 amide bonds. The van der Waals surface area contributed by atoms with Gasteiger partial charge in [0.15, 0.2) is 0 Å². The smallest absolute Gasteiger partial charge is 0.317 e. The lowest BCUT2D eigenvalue weighted by molar-refractivity contribution is 0.194. The predicted octanol–water partition coefficient (Wildman–Crippen LogP) is 1.32. The zero-order valence-electron chi connectivity index (χ0n) is 13.1. The minimum atomic E-state index is 0.000739. The summed E-state index contributed by atoms with van der Waals surface area (Å²) in [7, 11) is 0. The van der Waals surface area contributed by atoms with Crippen molar-refractivity contribution in [3.63, 3.8) is 0 Å². The Labute approximate surface area is 139 Å². The number of urea groups is 1. The Morgan fingerprint density at radius 2 is 1.96 bits per heavy atom. The number of rotatable bonds is 4. The first-order valence-electron chi connectivity index (χ1n) is 7.68. The summed E-state index contributed by atoms with van der Waals surface area (Å²) in [5.74, 6) is 0.730. The van der Waals surface area contributed by atoms with E-state index in [1.54, 1.807) is 29.8 Å². The van der Waals surface area contributed by atoms with E-state index in [1.165, 1.54) is 4.88 Å². The van der Waals surface area contributed by atoms with Crippen LogP contribution in [0.4, 0.5) is 10.7 Å². The molecule has 1 aliphatic heterocycles. The highest BCUT2D eigenvalue weighted by atomic mass is 32.1. The van der Waals surface area contributed by atoms with Gasteiger partial charge in [-0.1, -0.05) is 0 Å². The largest absolute Gasteiger partial charge is 0.338 e. The highest BCUT2D eigenvalue weighted by Crippen LogP contribution is 2.12. The summed E-state index contributed by atoms with van der Waals surface area (Å²) < 4.78 is 0. The van der Waals surface area contributed by atoms with E-state index in [4.69, 9.17) is 0 Å². The van der Waals surface area contributed by atoms with Gasteiger partial charge in [-0.15, -0.1) is 11.3 Å². The van der Waals surface area contributed by atoms with E-state index in [2.05, 4.69) is 25.2 Å². The van der Waals surface area contributed by atoms with Crippen LogP contribution in [0.3, 0.4) is 0 Å². The number of carbonyl (C=O) groups excluding carboxylic acids is 1. The molecule has 1 saturated heterocycles. The van der Waals surface area contributed by atoms with Crippen LogP contribution in [0.15, 0.2) is 24.0 Å². The first-order chi connectivity index (χ1) is 11.2. The minimum Gasteiger partial charge on any atom is -0.338 e. The third-order valence-electron chi connectivity index (χ3n) is 3.88. The van der Waals surface area contributed by atoms with Gasteiger partial charge in [-0.05, 0) is 13.0 Å². The summed E-state index contributed by atoms with van der Waals surface area (Å²) in [5.41, 5.74) is 2.90. The number of hydrogen-bond acceptors (Lipinski definition) is 6. The summed E-state index contributed by atoms with van der Waals surface area (Å²) in [6.45, 7) is 5.52. The average Bonchev–Trinajstić information content (AvgIpc) is 3.01. The third-order valence-corrected chi connectivity index (χ3v) is 4.87. The number of nitrogens with zero attached hydrogens (tertiary/aromatic N) is 5. The molecule has 0 saturated carbocycles. The van der Waals surface area contributed by atoms with Gasteiger partial charge in [-0.2, -0.15) is 0 Å². The number of carbonyl (C=O) groups is 1. The van der Waals surface area contributed by atoms with Crippen LogP contribution in [0.5, 0.6) is 0 Å². The number of hydrogen-bond donors (Lipinski definition) is 1. The van der Waals surface area contributed by atoms with Gasteiger partial charge in [0.2, 0.25) is 5.95 Å². The van der Waals surface area contributed by atoms with Crippen LogP contribution in [0, 0.1) is 6.92 Å². The number of aryl methyl sites for hydroxylation is 1. The van der Waals surface area contributed by atoms with E-state index in [0.717, 1.165) is 31.2 Å². The highest BCUT2D eigenvalue weighted by Gasteiger charge is 2.22. The molecule has 122 valence electrons. The van der Waals surface area contributed by atoms with Crippen LogP contribution in [0.25, 0.3) is 0 Å². The van der Waals surface area contributed by atoms with E-state index >= 15 is 0 Å². The summed E-state index contributed by atoms with van der Waals surface area (Å²) in [4.78, 5) is 30.1. The Hall–Kier alpha value is -2.22. The molecule has 23 heavy (non-hydrogen) atoms. The van der Waals surface area contributed by atoms with Gasteiger partial charge in [-0.25, -0.2) is 19.7 Å². The normalized spacial score (nSPS) is 14.8. The van der Waals surface area contributed by atoms with E-state index < -0.39 is 0 Å². The maximum Gasteiger partial charge on any atom is 0.317 e. The molecule has 0 unspecified atom stereocenters. The predicted molar refractivity (Wildman–Crippen MR) is 89.8 cm³/mol. The second-order valence-corrected chi connectivity index (χ2v) is 6.31. The summed E-state index contributed by atoms with van der Waals surface area (Å²) >= 11 is 1.64. The molecule has 7 nitrogen and oxygen atoms in total. The van der Waals surface area contributed by atoms with Gasteiger partial charge < -0.3 is 15.1 Å². The second kappa shape index (κ2) is 7.36. The van der Waals surface area contributed by atoms with Crippen LogP contribution >= 0.6 is 11.3 Å². The van der Waals surface area contributed by atoms with Crippen molar-refractivity contribution >= 4 is 23.3 Å². The number of thiazole rings is 1. The standard InChI is InChI=1S/C15H20N6OS/c1-12-13(23-11-19-12)3-6-18-15(22)21-9-7-20(8-10-21)14-16-4-2-5-17-14/h2,4-5,11H,3,6-10H2,1H3,(H,18,22). The summed E-state index contributed by atoms with van der Waals surface area (Å²) in [6, 6.07) is 1.80. The monoisotopic (exact) mass is 332 g/mol. The number of amides is 2. The molecule has 0 spiro atoms. The lowest BCUT2D eigenvalue weighted by atomic mass is 10.3. The van der Waals surface area contributed by atoms with Crippen molar-refractivity contribution < 1.29 is 4.79 Å². The van der Waals surface area contributed by atoms with Crippen molar-refractivity contribution in [2.75, 3.05) is 37.6 Å². The number of anilines is 1. The molecule has 1 N–H and O–H groups in total. The van der Waals surface area contributed by atoms with Gasteiger partial charge in [0, 0.05) is 56.4 Å². The van der Waals surface area contributed by atoms with Crippen molar-refractivity contribution in [1.82, 2.24) is 25.2 Å². The summed E-state index contributed by atoms with van der Waals surface area (Å²) in [5, 5.41) is 2.99. The molecule has 0 atom stereocenters. The van der Waals surface area contributed by atoms with Crippen molar-refractivity contribution in [3.8, 4) is 0 Å². The number of nitrogens with one attached hydrogen (secondary N) is 1. The second-order valence-electron chi connectivity index (χ2n) is 5.37. The lowest BCUT2D eigenvalue weighted by Crippen LogP contribution is -2.52. The fourth-order valence-corrected chi connectivity index (χ4v) is 3.31. The molecular formula is C15H20N6OS. The van der Waals surface area contributed by atoms with Gasteiger partial charge in [-0.3, -0.25) is 0 Å². The highest BCUT2D eigenvalue weighted by molar-refractivity contribution is 7.09. The lowest BCUT2D eigenvalue weighted by Gasteiger charge is -2.34. The Morgan fingerprint density at radius 3 is 2.61 bits per heavy atom. The van der Waals surface area contributed by atoms with Crippen molar-refractivity contribution in [2.45, 2.75) is 13.3 Å². The molecule has 0 bridgehead atoms. The van der Waals surface area contributed by atoms with Crippen LogP contribution < -0.4 is 10.2 Å². The minimum absolute atomic E-state index is 0.000739. The molecule has 1 aliphatic rings. The zero-order chi connectivity index (χ0) is 16.1. The molecule has 3 rings (SSSR count). The van der Waals surface area contributed by atoms with E-state index in [9.17, 15) is 4.79 Å². The van der Waals surface area contributed by atoms with E-state index in [-0.39, 0.29) is 6.03 Å². The SMILES string of the molecule is Cc1ncsc1CCNC(=O)N1CCN(c2ncccn2)CC1. The van der Waals surface area contributed by atoms with Gasteiger partial charge in [0.25, 0.3) is 0 Å². The molecule has 8 heteroatoms. The van der Waals surface area contributed by atoms with Crippen LogP contribution in [0.2, 0.25) is 0 Å². The fourth-order valence-electron chi connectivity index (χ4n) is 2.52. The molecule has 2 aromatic heterocycles. The zero-order valence-corrected chi connectivity index (χ0v) is 13.9.